The highest BCUT2D eigenvalue weighted by atomic mass is 32.2. The first-order chi connectivity index (χ1) is 6.70. The highest BCUT2D eigenvalue weighted by Crippen LogP contribution is 2.14. The summed E-state index contributed by atoms with van der Waals surface area (Å²) >= 11 is 1.80. The van der Waals surface area contributed by atoms with Crippen molar-refractivity contribution < 1.29 is 0 Å². The van der Waals surface area contributed by atoms with Crippen LogP contribution in [0.5, 0.6) is 0 Å². The maximum atomic E-state index is 3.40. The highest BCUT2D eigenvalue weighted by Gasteiger charge is 2.04. The van der Waals surface area contributed by atoms with Gasteiger partial charge in [-0.15, -0.1) is 0 Å². The van der Waals surface area contributed by atoms with E-state index in [1.54, 1.807) is 11.9 Å². The zero-order valence-corrected chi connectivity index (χ0v) is 9.97. The molecular weight excluding hydrogens is 190 g/mol. The smallest absolute Gasteiger partial charge is 0.0136 e. The molecule has 0 spiro atoms. The summed E-state index contributed by atoms with van der Waals surface area (Å²) in [5, 5.41) is 0.651. The van der Waals surface area contributed by atoms with Gasteiger partial charge in [-0.2, -0.15) is 0 Å². The van der Waals surface area contributed by atoms with Crippen molar-refractivity contribution in [1.29, 1.82) is 0 Å². The molecule has 0 aliphatic carbocycles. The number of benzene rings is 1. The third-order valence-electron chi connectivity index (χ3n) is 2.08. The van der Waals surface area contributed by atoms with Crippen molar-refractivity contribution in [2.45, 2.75) is 31.9 Å². The summed E-state index contributed by atoms with van der Waals surface area (Å²) in [6.45, 7) is 7.69. The zero-order chi connectivity index (χ0) is 10.4. The van der Waals surface area contributed by atoms with Crippen LogP contribution in [0.25, 0.3) is 0 Å². The minimum absolute atomic E-state index is 0.586. The van der Waals surface area contributed by atoms with E-state index in [9.17, 15) is 0 Å². The van der Waals surface area contributed by atoms with Crippen molar-refractivity contribution in [3.8, 4) is 0 Å². The molecular formula is C12H19NS. The molecule has 0 saturated carbocycles. The third-order valence-corrected chi connectivity index (χ3v) is 2.88. The minimum atomic E-state index is 0.586. The van der Waals surface area contributed by atoms with E-state index in [-0.39, 0.29) is 0 Å². The number of rotatable bonds is 5. The molecule has 0 aliphatic heterocycles. The van der Waals surface area contributed by atoms with E-state index in [1.807, 2.05) is 0 Å². The van der Waals surface area contributed by atoms with Crippen molar-refractivity contribution in [3.63, 3.8) is 0 Å². The molecule has 0 fully saturated rings. The van der Waals surface area contributed by atoms with Gasteiger partial charge in [0.25, 0.3) is 0 Å². The van der Waals surface area contributed by atoms with E-state index in [1.165, 1.54) is 5.56 Å². The first-order valence-corrected chi connectivity index (χ1v) is 6.01. The lowest BCUT2D eigenvalue weighted by Crippen LogP contribution is -2.15. The van der Waals surface area contributed by atoms with Gasteiger partial charge in [-0.3, -0.25) is 4.72 Å². The molecule has 1 N–H and O–H groups in total. The van der Waals surface area contributed by atoms with E-state index in [0.29, 0.717) is 11.2 Å². The predicted octanol–water partition coefficient (Wildman–Crippen LogP) is 3.44. The van der Waals surface area contributed by atoms with Crippen molar-refractivity contribution >= 4 is 11.9 Å². The third kappa shape index (κ3) is 4.16. The Morgan fingerprint density at radius 2 is 1.79 bits per heavy atom. The molecule has 0 amide bonds. The lowest BCUT2D eigenvalue weighted by molar-refractivity contribution is 0.740. The molecule has 2 heteroatoms. The van der Waals surface area contributed by atoms with Gasteiger partial charge in [-0.05, 0) is 11.5 Å². The fraction of sp³-hybridized carbons (Fsp3) is 0.500. The second-order valence-electron chi connectivity index (χ2n) is 3.83. The molecule has 0 unspecified atom stereocenters. The van der Waals surface area contributed by atoms with E-state index in [2.05, 4.69) is 55.8 Å². The summed E-state index contributed by atoms with van der Waals surface area (Å²) in [6, 6.07) is 10.6. The molecule has 1 atom stereocenters. The van der Waals surface area contributed by atoms with Crippen LogP contribution in [0, 0.1) is 0 Å². The largest absolute Gasteiger partial charge is 0.263 e. The molecule has 14 heavy (non-hydrogen) atoms. The van der Waals surface area contributed by atoms with Crippen molar-refractivity contribution in [3.05, 3.63) is 35.9 Å². The average molecular weight is 209 g/mol. The molecule has 0 saturated heterocycles. The Bertz CT molecular complexity index is 246. The summed E-state index contributed by atoms with van der Waals surface area (Å²) < 4.78 is 3.40. The normalized spacial score (nSPS) is 13.1. The summed E-state index contributed by atoms with van der Waals surface area (Å²) in [6.07, 6.45) is 0. The molecule has 0 heterocycles. The number of nitrogens with one attached hydrogen (secondary N) is 1. The first kappa shape index (κ1) is 11.6. The van der Waals surface area contributed by atoms with Gasteiger partial charge in [-0.25, -0.2) is 0 Å². The van der Waals surface area contributed by atoms with Crippen LogP contribution in [0.1, 0.15) is 32.3 Å². The molecule has 0 aromatic heterocycles. The predicted molar refractivity (Wildman–Crippen MR) is 65.6 cm³/mol. The zero-order valence-electron chi connectivity index (χ0n) is 9.16. The van der Waals surface area contributed by atoms with Crippen LogP contribution in [0.4, 0.5) is 0 Å². The molecule has 1 aromatic carbocycles. The van der Waals surface area contributed by atoms with Gasteiger partial charge in [0, 0.05) is 11.8 Å². The fourth-order valence-electron chi connectivity index (χ4n) is 1.24. The van der Waals surface area contributed by atoms with Crippen LogP contribution in [0.2, 0.25) is 0 Å². The monoisotopic (exact) mass is 209 g/mol. The van der Waals surface area contributed by atoms with Gasteiger partial charge < -0.3 is 0 Å². The second kappa shape index (κ2) is 6.10. The lowest BCUT2D eigenvalue weighted by atomic mass is 10.0. The molecule has 1 aromatic rings. The van der Waals surface area contributed by atoms with Crippen LogP contribution < -0.4 is 4.72 Å². The van der Waals surface area contributed by atoms with Crippen LogP contribution >= 0.6 is 11.9 Å². The standard InChI is InChI=1S/C12H19NS/c1-10(2)14-13-9-11(3)12-7-5-4-6-8-12/h4-8,10-11,13H,9H2,1-3H3/t11-/m0/s1. The fourth-order valence-corrected chi connectivity index (χ4v) is 1.92. The average Bonchev–Trinajstić information content (AvgIpc) is 2.18. The Labute approximate surface area is 91.4 Å². The van der Waals surface area contributed by atoms with Crippen molar-refractivity contribution in [2.75, 3.05) is 6.54 Å². The Morgan fingerprint density at radius 3 is 2.36 bits per heavy atom. The second-order valence-corrected chi connectivity index (χ2v) is 5.29. The van der Waals surface area contributed by atoms with Crippen molar-refractivity contribution in [2.24, 2.45) is 0 Å². The van der Waals surface area contributed by atoms with Gasteiger partial charge >= 0.3 is 0 Å². The Balaban J connectivity index is 2.32. The van der Waals surface area contributed by atoms with Gasteiger partial charge in [0.1, 0.15) is 0 Å². The van der Waals surface area contributed by atoms with Crippen LogP contribution in [-0.4, -0.2) is 11.8 Å². The molecule has 1 nitrogen and oxygen atoms in total. The van der Waals surface area contributed by atoms with Crippen LogP contribution in [0.3, 0.4) is 0 Å². The number of hydrogen-bond acceptors (Lipinski definition) is 2. The quantitative estimate of drug-likeness (QED) is 0.746. The van der Waals surface area contributed by atoms with Gasteiger partial charge in [0.15, 0.2) is 0 Å². The lowest BCUT2D eigenvalue weighted by Gasteiger charge is -2.13. The van der Waals surface area contributed by atoms with E-state index >= 15 is 0 Å². The molecule has 0 radical (unpaired) electrons. The molecule has 0 bridgehead atoms. The van der Waals surface area contributed by atoms with Gasteiger partial charge in [0.2, 0.25) is 0 Å². The topological polar surface area (TPSA) is 12.0 Å². The summed E-state index contributed by atoms with van der Waals surface area (Å²) in [5.41, 5.74) is 1.41. The summed E-state index contributed by atoms with van der Waals surface area (Å²) in [4.78, 5) is 0. The molecule has 78 valence electrons. The van der Waals surface area contributed by atoms with E-state index in [0.717, 1.165) is 6.54 Å². The maximum Gasteiger partial charge on any atom is 0.0136 e. The van der Waals surface area contributed by atoms with Crippen LogP contribution in [0.15, 0.2) is 30.3 Å². The van der Waals surface area contributed by atoms with Gasteiger partial charge in [-0.1, -0.05) is 63.1 Å². The highest BCUT2D eigenvalue weighted by molar-refractivity contribution is 7.97. The van der Waals surface area contributed by atoms with E-state index in [4.69, 9.17) is 0 Å². The Kier molecular flexibility index (Phi) is 5.05. The summed E-state index contributed by atoms with van der Waals surface area (Å²) in [5.74, 6) is 0.586. The first-order valence-electron chi connectivity index (χ1n) is 5.13. The maximum absolute atomic E-state index is 3.40. The van der Waals surface area contributed by atoms with Crippen LogP contribution in [-0.2, 0) is 0 Å². The van der Waals surface area contributed by atoms with E-state index < -0.39 is 0 Å². The van der Waals surface area contributed by atoms with Gasteiger partial charge in [0.05, 0.1) is 0 Å². The summed E-state index contributed by atoms with van der Waals surface area (Å²) in [7, 11) is 0. The Morgan fingerprint density at radius 1 is 1.14 bits per heavy atom. The number of hydrogen-bond donors (Lipinski definition) is 1. The SMILES string of the molecule is CC(C)SNC[C@H](C)c1ccccc1. The minimum Gasteiger partial charge on any atom is -0.263 e. The molecule has 0 aliphatic rings. The molecule has 1 rings (SSSR count). The Hall–Kier alpha value is -0.470. The van der Waals surface area contributed by atoms with Crippen molar-refractivity contribution in [1.82, 2.24) is 4.72 Å².